The van der Waals surface area contributed by atoms with Crippen LogP contribution in [0.3, 0.4) is 0 Å². The number of hydrogen-bond acceptors (Lipinski definition) is 3. The summed E-state index contributed by atoms with van der Waals surface area (Å²) in [6.07, 6.45) is -3.12. The van der Waals surface area contributed by atoms with Crippen LogP contribution in [0.25, 0.3) is 0 Å². The van der Waals surface area contributed by atoms with Crippen molar-refractivity contribution in [1.82, 2.24) is 20.4 Å². The average Bonchev–Trinajstić information content (AvgIpc) is 2.94. The van der Waals surface area contributed by atoms with E-state index in [0.717, 1.165) is 0 Å². The molecule has 2 N–H and O–H groups in total. The molecule has 5 nitrogen and oxygen atoms in total. The van der Waals surface area contributed by atoms with Gasteiger partial charge in [-0.1, -0.05) is 0 Å². The molecule has 0 spiro atoms. The fraction of sp³-hybridized carbons (Fsp3) is 0.636. The molecular weight excluding hydrogens is 261 g/mol. The topological polar surface area (TPSA) is 59.0 Å². The molecule has 106 valence electrons. The largest absolute Gasteiger partial charge is 0.404 e. The number of amides is 1. The molecule has 8 heteroatoms. The van der Waals surface area contributed by atoms with Crippen LogP contribution < -0.4 is 10.6 Å². The van der Waals surface area contributed by atoms with Crippen molar-refractivity contribution in [2.45, 2.75) is 19.1 Å². The summed E-state index contributed by atoms with van der Waals surface area (Å²) in [5, 5.41) is 8.93. The monoisotopic (exact) mass is 276 g/mol. The first-order valence-corrected chi connectivity index (χ1v) is 5.89. The maximum Gasteiger partial charge on any atom is 0.404 e. The second-order valence-electron chi connectivity index (χ2n) is 4.67. The third-order valence-corrected chi connectivity index (χ3v) is 3.33. The highest BCUT2D eigenvalue weighted by Crippen LogP contribution is 2.43. The Kier molecular flexibility index (Phi) is 3.53. The van der Waals surface area contributed by atoms with Crippen molar-refractivity contribution < 1.29 is 18.0 Å². The van der Waals surface area contributed by atoms with Gasteiger partial charge in [0.25, 0.3) is 0 Å². The van der Waals surface area contributed by atoms with Gasteiger partial charge in [-0.3, -0.25) is 9.48 Å². The Morgan fingerprint density at radius 3 is 2.84 bits per heavy atom. The number of aromatic nitrogens is 2. The number of hydrogen-bond donors (Lipinski definition) is 2. The zero-order valence-corrected chi connectivity index (χ0v) is 10.4. The number of halogens is 3. The summed E-state index contributed by atoms with van der Waals surface area (Å²) in [6, 6.07) is 1.65. The van der Waals surface area contributed by atoms with Crippen LogP contribution in [0.5, 0.6) is 0 Å². The summed E-state index contributed by atoms with van der Waals surface area (Å²) in [6.45, 7) is -0.182. The van der Waals surface area contributed by atoms with Gasteiger partial charge in [0.05, 0.1) is 12.2 Å². The molecule has 1 aromatic heterocycles. The quantitative estimate of drug-likeness (QED) is 0.849. The lowest BCUT2D eigenvalue weighted by Gasteiger charge is -2.29. The number of nitrogens with zero attached hydrogens (tertiary/aromatic N) is 2. The molecule has 2 rings (SSSR count). The molecule has 2 heterocycles. The van der Waals surface area contributed by atoms with Crippen molar-refractivity contribution in [2.75, 3.05) is 13.1 Å². The maximum atomic E-state index is 13.1. The van der Waals surface area contributed by atoms with Crippen LogP contribution in [0.15, 0.2) is 12.3 Å². The van der Waals surface area contributed by atoms with Crippen molar-refractivity contribution in [3.05, 3.63) is 18.0 Å². The van der Waals surface area contributed by atoms with Gasteiger partial charge in [0.2, 0.25) is 5.91 Å². The fourth-order valence-corrected chi connectivity index (χ4v) is 2.15. The van der Waals surface area contributed by atoms with E-state index < -0.39 is 17.5 Å². The normalized spacial score (nSPS) is 23.6. The van der Waals surface area contributed by atoms with E-state index in [9.17, 15) is 18.0 Å². The Balaban J connectivity index is 2.05. The summed E-state index contributed by atoms with van der Waals surface area (Å²) in [5.74, 6) is -0.990. The van der Waals surface area contributed by atoms with Crippen LogP contribution in [-0.4, -0.2) is 35.0 Å². The van der Waals surface area contributed by atoms with Gasteiger partial charge < -0.3 is 10.6 Å². The molecule has 1 saturated heterocycles. The van der Waals surface area contributed by atoms with Crippen LogP contribution in [0.2, 0.25) is 0 Å². The third kappa shape index (κ3) is 2.58. The van der Waals surface area contributed by atoms with Gasteiger partial charge in [-0.05, 0) is 19.0 Å². The number of rotatable bonds is 3. The fourth-order valence-electron chi connectivity index (χ4n) is 2.15. The van der Waals surface area contributed by atoms with Gasteiger partial charge in [0, 0.05) is 19.8 Å². The van der Waals surface area contributed by atoms with Crippen molar-refractivity contribution in [3.8, 4) is 0 Å². The van der Waals surface area contributed by atoms with E-state index in [0.29, 0.717) is 5.69 Å². The Morgan fingerprint density at radius 1 is 1.63 bits per heavy atom. The molecule has 1 aromatic rings. The van der Waals surface area contributed by atoms with Gasteiger partial charge >= 0.3 is 6.18 Å². The van der Waals surface area contributed by atoms with Crippen molar-refractivity contribution in [2.24, 2.45) is 12.5 Å². The van der Waals surface area contributed by atoms with E-state index in [1.165, 1.54) is 4.68 Å². The second-order valence-corrected chi connectivity index (χ2v) is 4.67. The minimum absolute atomic E-state index is 0.00248. The molecule has 1 aliphatic heterocycles. The summed E-state index contributed by atoms with van der Waals surface area (Å²) in [4.78, 5) is 11.9. The van der Waals surface area contributed by atoms with E-state index >= 15 is 0 Å². The minimum Gasteiger partial charge on any atom is -0.350 e. The molecule has 0 bridgehead atoms. The smallest absolute Gasteiger partial charge is 0.350 e. The van der Waals surface area contributed by atoms with E-state index in [4.69, 9.17) is 0 Å². The van der Waals surface area contributed by atoms with E-state index in [1.807, 2.05) is 0 Å². The number of nitrogens with one attached hydrogen (secondary N) is 2. The number of alkyl halides is 3. The lowest BCUT2D eigenvalue weighted by Crippen LogP contribution is -2.52. The van der Waals surface area contributed by atoms with Gasteiger partial charge in [0.15, 0.2) is 5.41 Å². The highest BCUT2D eigenvalue weighted by atomic mass is 19.4. The summed E-state index contributed by atoms with van der Waals surface area (Å²) >= 11 is 0. The minimum atomic E-state index is -4.55. The molecule has 1 amide bonds. The second kappa shape index (κ2) is 4.84. The predicted octanol–water partition coefficient (Wildman–Crippen LogP) is 0.578. The van der Waals surface area contributed by atoms with Crippen molar-refractivity contribution in [3.63, 3.8) is 0 Å². The highest BCUT2D eigenvalue weighted by Gasteiger charge is 2.61. The molecule has 0 aromatic carbocycles. The highest BCUT2D eigenvalue weighted by molar-refractivity contribution is 5.84. The summed E-state index contributed by atoms with van der Waals surface area (Å²) in [7, 11) is 1.70. The van der Waals surface area contributed by atoms with Gasteiger partial charge in [-0.15, -0.1) is 0 Å². The maximum absolute atomic E-state index is 13.1. The van der Waals surface area contributed by atoms with Gasteiger partial charge in [-0.25, -0.2) is 0 Å². The number of carbonyl (C=O) groups excluding carboxylic acids is 1. The molecule has 1 atom stereocenters. The molecule has 0 aliphatic carbocycles. The SMILES string of the molecule is Cn1ccc(CNC(=O)C2(C(F)(F)F)CCNC2)n1. The van der Waals surface area contributed by atoms with Gasteiger partial charge in [-0.2, -0.15) is 18.3 Å². The number of carbonyl (C=O) groups is 1. The van der Waals surface area contributed by atoms with Crippen LogP contribution in [0, 0.1) is 5.41 Å². The van der Waals surface area contributed by atoms with Crippen molar-refractivity contribution >= 4 is 5.91 Å². The Morgan fingerprint density at radius 2 is 2.37 bits per heavy atom. The van der Waals surface area contributed by atoms with Crippen molar-refractivity contribution in [1.29, 1.82) is 0 Å². The first kappa shape index (κ1) is 13.9. The van der Waals surface area contributed by atoms with E-state index in [1.54, 1.807) is 19.3 Å². The van der Waals surface area contributed by atoms with Crippen LogP contribution in [0.1, 0.15) is 12.1 Å². The number of aryl methyl sites for hydroxylation is 1. The molecule has 0 saturated carbocycles. The molecule has 1 aliphatic rings. The van der Waals surface area contributed by atoms with Crippen LogP contribution >= 0.6 is 0 Å². The zero-order valence-electron chi connectivity index (χ0n) is 10.4. The zero-order chi connectivity index (χ0) is 14.1. The molecule has 1 unspecified atom stereocenters. The Labute approximate surface area is 108 Å². The molecule has 0 radical (unpaired) electrons. The Bertz CT molecular complexity index is 463. The van der Waals surface area contributed by atoms with E-state index in [2.05, 4.69) is 15.7 Å². The first-order chi connectivity index (χ1) is 8.85. The summed E-state index contributed by atoms with van der Waals surface area (Å²) in [5.41, 5.74) is -1.79. The standard InChI is InChI=1S/C11H15F3N4O/c1-18-5-2-8(17-18)6-16-9(19)10(11(12,13)14)3-4-15-7-10/h2,5,15H,3-4,6-7H2,1H3,(H,16,19). The third-order valence-electron chi connectivity index (χ3n) is 3.33. The van der Waals surface area contributed by atoms with E-state index in [-0.39, 0.29) is 26.1 Å². The lowest BCUT2D eigenvalue weighted by molar-refractivity contribution is -0.216. The predicted molar refractivity (Wildman–Crippen MR) is 61.0 cm³/mol. The average molecular weight is 276 g/mol. The van der Waals surface area contributed by atoms with Crippen LogP contribution in [0.4, 0.5) is 13.2 Å². The molecule has 19 heavy (non-hydrogen) atoms. The van der Waals surface area contributed by atoms with Gasteiger partial charge in [0.1, 0.15) is 0 Å². The lowest BCUT2D eigenvalue weighted by atomic mass is 9.85. The Hall–Kier alpha value is -1.57. The summed E-state index contributed by atoms with van der Waals surface area (Å²) < 4.78 is 40.8. The first-order valence-electron chi connectivity index (χ1n) is 5.89. The molecular formula is C11H15F3N4O. The molecule has 1 fully saturated rings. The van der Waals surface area contributed by atoms with Crippen LogP contribution in [-0.2, 0) is 18.4 Å².